The molecule has 0 atom stereocenters. The monoisotopic (exact) mass is 299 g/mol. The van der Waals surface area contributed by atoms with Crippen LogP contribution in [0.4, 0.5) is 11.4 Å². The van der Waals surface area contributed by atoms with Crippen LogP contribution in [-0.2, 0) is 0 Å². The fourth-order valence-electron chi connectivity index (χ4n) is 1.77. The van der Waals surface area contributed by atoms with Gasteiger partial charge in [0.05, 0.1) is 10.6 Å². The maximum absolute atomic E-state index is 11.5. The van der Waals surface area contributed by atoms with Crippen LogP contribution in [0, 0.1) is 10.1 Å². The number of non-ortho nitro benzene ring substituents is 1. The minimum absolute atomic E-state index is 0.114. The minimum atomic E-state index is -0.553. The van der Waals surface area contributed by atoms with Crippen LogP contribution >= 0.6 is 0 Å². The Hall–Kier alpha value is -3.22. The number of aromatic hydroxyl groups is 1. The highest BCUT2D eigenvalue weighted by atomic mass is 16.6. The van der Waals surface area contributed by atoms with E-state index >= 15 is 0 Å². The van der Waals surface area contributed by atoms with Crippen LogP contribution in [-0.4, -0.2) is 29.2 Å². The fourth-order valence-corrected chi connectivity index (χ4v) is 1.77. The Morgan fingerprint density at radius 1 is 1.32 bits per heavy atom. The Kier molecular flexibility index (Phi) is 4.47. The molecule has 1 amide bonds. The molecule has 0 aliphatic carbocycles. The van der Waals surface area contributed by atoms with E-state index in [9.17, 15) is 20.0 Å². The molecule has 22 heavy (non-hydrogen) atoms. The highest BCUT2D eigenvalue weighted by Crippen LogP contribution is 2.22. The molecule has 0 radical (unpaired) electrons. The molecule has 2 rings (SSSR count). The molecule has 0 saturated carbocycles. The quantitative estimate of drug-likeness (QED) is 0.513. The standard InChI is InChI=1S/C15H13N3O4/c1-16-15(20)10-3-2-4-12(7-10)17-9-11-8-13(18(21)22)5-6-14(11)19/h2-9,19H,1H3,(H,16,20). The maximum Gasteiger partial charge on any atom is 0.270 e. The first kappa shape index (κ1) is 15.2. The minimum Gasteiger partial charge on any atom is -0.507 e. The van der Waals surface area contributed by atoms with Gasteiger partial charge in [0.25, 0.3) is 11.6 Å². The normalized spacial score (nSPS) is 10.6. The van der Waals surface area contributed by atoms with Crippen molar-refractivity contribution in [1.29, 1.82) is 0 Å². The lowest BCUT2D eigenvalue weighted by Gasteiger charge is -2.01. The van der Waals surface area contributed by atoms with Crippen molar-refractivity contribution in [3.8, 4) is 5.75 Å². The van der Waals surface area contributed by atoms with Gasteiger partial charge >= 0.3 is 0 Å². The molecule has 7 heteroatoms. The van der Waals surface area contributed by atoms with Crippen LogP contribution in [0.3, 0.4) is 0 Å². The van der Waals surface area contributed by atoms with Crippen LogP contribution < -0.4 is 5.32 Å². The van der Waals surface area contributed by atoms with Gasteiger partial charge in [-0.25, -0.2) is 0 Å². The third-order valence-corrected chi connectivity index (χ3v) is 2.91. The maximum atomic E-state index is 11.5. The third kappa shape index (κ3) is 3.45. The first-order chi connectivity index (χ1) is 10.5. The average molecular weight is 299 g/mol. The zero-order valence-corrected chi connectivity index (χ0v) is 11.7. The first-order valence-corrected chi connectivity index (χ1v) is 6.35. The van der Waals surface area contributed by atoms with Gasteiger partial charge in [-0.3, -0.25) is 19.9 Å². The molecule has 7 nitrogen and oxygen atoms in total. The summed E-state index contributed by atoms with van der Waals surface area (Å²) in [5, 5.41) is 22.9. The number of carbonyl (C=O) groups is 1. The lowest BCUT2D eigenvalue weighted by Crippen LogP contribution is -2.17. The highest BCUT2D eigenvalue weighted by molar-refractivity contribution is 5.95. The van der Waals surface area contributed by atoms with Gasteiger partial charge in [-0.2, -0.15) is 0 Å². The van der Waals surface area contributed by atoms with Crippen LogP contribution in [0.1, 0.15) is 15.9 Å². The van der Waals surface area contributed by atoms with Crippen molar-refractivity contribution in [2.75, 3.05) is 7.05 Å². The van der Waals surface area contributed by atoms with E-state index in [1.165, 1.54) is 31.5 Å². The number of amides is 1. The van der Waals surface area contributed by atoms with Crippen molar-refractivity contribution < 1.29 is 14.8 Å². The SMILES string of the molecule is CNC(=O)c1cccc(N=Cc2cc([N+](=O)[O-])ccc2O)c1. The lowest BCUT2D eigenvalue weighted by atomic mass is 10.1. The van der Waals surface area contributed by atoms with Gasteiger partial charge in [0.2, 0.25) is 0 Å². The smallest absolute Gasteiger partial charge is 0.270 e. The van der Waals surface area contributed by atoms with E-state index in [1.54, 1.807) is 24.3 Å². The van der Waals surface area contributed by atoms with E-state index in [-0.39, 0.29) is 22.9 Å². The van der Waals surface area contributed by atoms with Crippen LogP contribution in [0.2, 0.25) is 0 Å². The van der Waals surface area contributed by atoms with E-state index in [0.717, 1.165) is 0 Å². The van der Waals surface area contributed by atoms with Crippen molar-refractivity contribution in [3.05, 3.63) is 63.7 Å². The summed E-state index contributed by atoms with van der Waals surface area (Å²) in [4.78, 5) is 25.8. The number of rotatable bonds is 4. The molecular weight excluding hydrogens is 286 g/mol. The number of phenolic OH excluding ortho intramolecular Hbond substituents is 1. The van der Waals surface area contributed by atoms with Gasteiger partial charge in [0.15, 0.2) is 0 Å². The number of hydrogen-bond acceptors (Lipinski definition) is 5. The molecule has 2 N–H and O–H groups in total. The van der Waals surface area contributed by atoms with Crippen LogP contribution in [0.25, 0.3) is 0 Å². The lowest BCUT2D eigenvalue weighted by molar-refractivity contribution is -0.384. The number of carbonyl (C=O) groups excluding carboxylic acids is 1. The highest BCUT2D eigenvalue weighted by Gasteiger charge is 2.09. The predicted molar refractivity (Wildman–Crippen MR) is 81.8 cm³/mol. The molecule has 2 aromatic carbocycles. The number of nitrogens with one attached hydrogen (secondary N) is 1. The van der Waals surface area contributed by atoms with E-state index in [4.69, 9.17) is 0 Å². The van der Waals surface area contributed by atoms with Crippen molar-refractivity contribution in [2.45, 2.75) is 0 Å². The van der Waals surface area contributed by atoms with E-state index < -0.39 is 4.92 Å². The summed E-state index contributed by atoms with van der Waals surface area (Å²) in [5.74, 6) is -0.355. The van der Waals surface area contributed by atoms with Gasteiger partial charge in [-0.1, -0.05) is 6.07 Å². The summed E-state index contributed by atoms with van der Waals surface area (Å²) in [7, 11) is 1.53. The van der Waals surface area contributed by atoms with Crippen molar-refractivity contribution in [2.24, 2.45) is 4.99 Å². The summed E-state index contributed by atoms with van der Waals surface area (Å²) in [6.45, 7) is 0. The Morgan fingerprint density at radius 3 is 2.77 bits per heavy atom. The summed E-state index contributed by atoms with van der Waals surface area (Å²) < 4.78 is 0. The molecule has 2 aromatic rings. The van der Waals surface area contributed by atoms with Crippen molar-refractivity contribution in [1.82, 2.24) is 5.32 Å². The van der Waals surface area contributed by atoms with Crippen molar-refractivity contribution in [3.63, 3.8) is 0 Å². The molecule has 0 aromatic heterocycles. The summed E-state index contributed by atoms with van der Waals surface area (Å²) in [5.41, 5.74) is 1.02. The number of hydrogen-bond donors (Lipinski definition) is 2. The molecule has 0 aliphatic rings. The molecule has 0 heterocycles. The van der Waals surface area contributed by atoms with Gasteiger partial charge < -0.3 is 10.4 Å². The molecule has 0 fully saturated rings. The van der Waals surface area contributed by atoms with Crippen LogP contribution in [0.15, 0.2) is 47.5 Å². The predicted octanol–water partition coefficient (Wildman–Crippen LogP) is 2.41. The first-order valence-electron chi connectivity index (χ1n) is 6.35. The second-order valence-electron chi connectivity index (χ2n) is 4.39. The molecule has 0 aliphatic heterocycles. The number of nitro groups is 1. The second-order valence-corrected chi connectivity index (χ2v) is 4.39. The molecule has 0 bridgehead atoms. The van der Waals surface area contributed by atoms with Crippen LogP contribution in [0.5, 0.6) is 5.75 Å². The number of aliphatic imine (C=N–C) groups is 1. The van der Waals surface area contributed by atoms with Crippen molar-refractivity contribution >= 4 is 23.5 Å². The number of nitrogens with zero attached hydrogens (tertiary/aromatic N) is 2. The molecule has 0 saturated heterocycles. The third-order valence-electron chi connectivity index (χ3n) is 2.91. The largest absolute Gasteiger partial charge is 0.507 e. The Morgan fingerprint density at radius 2 is 2.09 bits per heavy atom. The Balaban J connectivity index is 2.31. The van der Waals surface area contributed by atoms with Gasteiger partial charge in [-0.05, 0) is 24.3 Å². The summed E-state index contributed by atoms with van der Waals surface area (Å²) in [6, 6.07) is 10.2. The zero-order valence-electron chi connectivity index (χ0n) is 11.7. The van der Waals surface area contributed by atoms with Gasteiger partial charge in [-0.15, -0.1) is 0 Å². The van der Waals surface area contributed by atoms with E-state index in [2.05, 4.69) is 10.3 Å². The average Bonchev–Trinajstić information content (AvgIpc) is 2.53. The van der Waals surface area contributed by atoms with E-state index in [0.29, 0.717) is 11.3 Å². The molecular formula is C15H13N3O4. The topological polar surface area (TPSA) is 105 Å². The number of nitro benzene ring substituents is 1. The Labute approximate surface area is 126 Å². The second kappa shape index (κ2) is 6.49. The fraction of sp³-hybridized carbons (Fsp3) is 0.0667. The number of benzene rings is 2. The van der Waals surface area contributed by atoms with Gasteiger partial charge in [0.1, 0.15) is 5.75 Å². The number of phenols is 1. The zero-order chi connectivity index (χ0) is 16.1. The summed E-state index contributed by atoms with van der Waals surface area (Å²) >= 11 is 0. The van der Waals surface area contributed by atoms with E-state index in [1.807, 2.05) is 0 Å². The van der Waals surface area contributed by atoms with Gasteiger partial charge in [0, 0.05) is 36.5 Å². The molecule has 112 valence electrons. The Bertz CT molecular complexity index is 756. The summed E-state index contributed by atoms with van der Waals surface area (Å²) in [6.07, 6.45) is 1.31. The molecule has 0 unspecified atom stereocenters. The molecule has 0 spiro atoms.